The van der Waals surface area contributed by atoms with E-state index >= 15 is 0 Å². The second-order valence-corrected chi connectivity index (χ2v) is 3.34. The SMILES string of the molecule is O=P12ONn3nc(nc3O1)O2. The van der Waals surface area contributed by atoms with Gasteiger partial charge in [-0.2, -0.15) is 5.59 Å². The summed E-state index contributed by atoms with van der Waals surface area (Å²) in [5, 5.41) is 3.65. The molecule has 1 aromatic heterocycles. The van der Waals surface area contributed by atoms with Crippen molar-refractivity contribution in [2.75, 3.05) is 5.59 Å². The number of hydrogen-bond acceptors (Lipinski definition) is 7. The van der Waals surface area contributed by atoms with Crippen LogP contribution < -0.4 is 14.6 Å². The van der Waals surface area contributed by atoms with Gasteiger partial charge >= 0.3 is 19.8 Å². The molecule has 0 aromatic carbocycles. The summed E-state index contributed by atoms with van der Waals surface area (Å²) in [5.74, 6) is 0. The van der Waals surface area contributed by atoms with Crippen LogP contribution in [0.5, 0.6) is 12.0 Å². The summed E-state index contributed by atoms with van der Waals surface area (Å²) in [6.45, 7) is 0. The number of nitrogens with one attached hydrogen (secondary N) is 1. The van der Waals surface area contributed by atoms with E-state index in [1.165, 1.54) is 0 Å². The Labute approximate surface area is 59.6 Å². The summed E-state index contributed by atoms with van der Waals surface area (Å²) in [6.07, 6.45) is 0. The second kappa shape index (κ2) is 1.34. The van der Waals surface area contributed by atoms with Crippen molar-refractivity contribution in [3.05, 3.63) is 0 Å². The van der Waals surface area contributed by atoms with Crippen LogP contribution in [0.1, 0.15) is 0 Å². The Hall–Kier alpha value is -1.27. The van der Waals surface area contributed by atoms with Crippen molar-refractivity contribution >= 4 is 7.82 Å². The van der Waals surface area contributed by atoms with Gasteiger partial charge in [-0.25, -0.2) is 4.57 Å². The number of rotatable bonds is 0. The molecule has 0 radical (unpaired) electrons. The largest absolute Gasteiger partial charge is 0.616 e. The minimum Gasteiger partial charge on any atom is -0.356 e. The lowest BCUT2D eigenvalue weighted by atomic mass is 11.1. The highest BCUT2D eigenvalue weighted by Crippen LogP contribution is 2.53. The van der Waals surface area contributed by atoms with Gasteiger partial charge in [-0.15, -0.1) is 9.61 Å². The van der Waals surface area contributed by atoms with Crippen LogP contribution in [-0.4, -0.2) is 14.9 Å². The zero-order chi connectivity index (χ0) is 7.47. The van der Waals surface area contributed by atoms with Crippen molar-refractivity contribution in [2.45, 2.75) is 0 Å². The summed E-state index contributed by atoms with van der Waals surface area (Å²) < 4.78 is 25.0. The predicted molar refractivity (Wildman–Crippen MR) is 29.3 cm³/mol. The van der Waals surface area contributed by atoms with Crippen molar-refractivity contribution in [1.82, 2.24) is 14.9 Å². The zero-order valence-electron chi connectivity index (χ0n) is 4.92. The lowest BCUT2D eigenvalue weighted by Gasteiger charge is -2.20. The van der Waals surface area contributed by atoms with Crippen LogP contribution in [0.15, 0.2) is 0 Å². The fraction of sp³-hybridized carbons (Fsp3) is 0. The summed E-state index contributed by atoms with van der Waals surface area (Å²) >= 11 is 0. The molecule has 2 aliphatic heterocycles. The molecule has 0 spiro atoms. The molecule has 1 N–H and O–H groups in total. The highest BCUT2D eigenvalue weighted by molar-refractivity contribution is 7.49. The van der Waals surface area contributed by atoms with Crippen molar-refractivity contribution in [1.29, 1.82) is 0 Å². The molecule has 0 saturated carbocycles. The number of aromatic nitrogens is 3. The Morgan fingerprint density at radius 2 is 2.45 bits per heavy atom. The van der Waals surface area contributed by atoms with Crippen molar-refractivity contribution in [2.24, 2.45) is 0 Å². The first-order chi connectivity index (χ1) is 5.25. The average molecular weight is 176 g/mol. The fourth-order valence-electron chi connectivity index (χ4n) is 0.782. The predicted octanol–water partition coefficient (Wildman–Crippen LogP) is -0.354. The van der Waals surface area contributed by atoms with E-state index < -0.39 is 7.82 Å². The van der Waals surface area contributed by atoms with Gasteiger partial charge in [-0.3, -0.25) is 0 Å². The van der Waals surface area contributed by atoms with Crippen LogP contribution >= 0.6 is 7.82 Å². The third-order valence-corrected chi connectivity index (χ3v) is 2.26. The Morgan fingerprint density at radius 1 is 1.55 bits per heavy atom. The molecule has 0 saturated heterocycles. The Kier molecular flexibility index (Phi) is 0.657. The lowest BCUT2D eigenvalue weighted by molar-refractivity contribution is 0.178. The Balaban J connectivity index is 2.34. The fourth-order valence-corrected chi connectivity index (χ4v) is 1.67. The third kappa shape index (κ3) is 0.553. The van der Waals surface area contributed by atoms with Gasteiger partial charge in [0.2, 0.25) is 0 Å². The summed E-state index contributed by atoms with van der Waals surface area (Å²) in [7, 11) is -3.49. The van der Waals surface area contributed by atoms with E-state index in [-0.39, 0.29) is 12.0 Å². The maximum atomic E-state index is 11.2. The van der Waals surface area contributed by atoms with E-state index in [0.29, 0.717) is 0 Å². The quantitative estimate of drug-likeness (QED) is 0.540. The first-order valence-corrected chi connectivity index (χ1v) is 4.12. The normalized spacial score (nSPS) is 30.5. The highest BCUT2D eigenvalue weighted by atomic mass is 31.2. The number of phosphoric acid groups is 1. The first-order valence-electron chi connectivity index (χ1n) is 2.66. The minimum atomic E-state index is -3.49. The number of phosphoric ester groups is 1. The molecular formula is C2HN4O4P. The van der Waals surface area contributed by atoms with Crippen LogP contribution in [0.4, 0.5) is 0 Å². The molecule has 1 atom stereocenters. The van der Waals surface area contributed by atoms with E-state index in [0.717, 1.165) is 4.79 Å². The van der Waals surface area contributed by atoms with E-state index in [9.17, 15) is 4.57 Å². The Morgan fingerprint density at radius 3 is 3.36 bits per heavy atom. The molecule has 1 aromatic rings. The number of nitrogens with zero attached hydrogens (tertiary/aromatic N) is 3. The molecule has 3 bridgehead atoms. The smallest absolute Gasteiger partial charge is 0.356 e. The summed E-state index contributed by atoms with van der Waals surface area (Å²) in [4.78, 5) is 4.74. The maximum Gasteiger partial charge on any atom is 0.616 e. The first kappa shape index (κ1) is 5.39. The van der Waals surface area contributed by atoms with E-state index in [2.05, 4.69) is 29.3 Å². The monoisotopic (exact) mass is 176 g/mol. The van der Waals surface area contributed by atoms with Gasteiger partial charge in [0.25, 0.3) is 0 Å². The van der Waals surface area contributed by atoms with Gasteiger partial charge in [-0.05, 0) is 0 Å². The number of fused-ring (bicyclic) bond motifs is 2. The minimum absolute atomic E-state index is 0.0143. The van der Waals surface area contributed by atoms with Crippen molar-refractivity contribution in [3.63, 3.8) is 0 Å². The molecule has 9 heteroatoms. The van der Waals surface area contributed by atoms with Crippen LogP contribution in [0.25, 0.3) is 0 Å². The van der Waals surface area contributed by atoms with Gasteiger partial charge in [0.1, 0.15) is 0 Å². The van der Waals surface area contributed by atoms with Crippen molar-refractivity contribution < 1.29 is 18.2 Å². The molecular weight excluding hydrogens is 175 g/mol. The van der Waals surface area contributed by atoms with Crippen LogP contribution in [0.2, 0.25) is 0 Å². The molecule has 2 aliphatic rings. The van der Waals surface area contributed by atoms with Gasteiger partial charge in [0, 0.05) is 0 Å². The molecule has 0 amide bonds. The molecule has 58 valence electrons. The zero-order valence-corrected chi connectivity index (χ0v) is 5.82. The molecule has 0 aliphatic carbocycles. The van der Waals surface area contributed by atoms with Crippen LogP contribution in [0.3, 0.4) is 0 Å². The molecule has 11 heavy (non-hydrogen) atoms. The third-order valence-electron chi connectivity index (χ3n) is 1.18. The molecule has 3 heterocycles. The van der Waals surface area contributed by atoms with Gasteiger partial charge < -0.3 is 9.05 Å². The Bertz CT molecular complexity index is 372. The maximum absolute atomic E-state index is 11.2. The van der Waals surface area contributed by atoms with Crippen molar-refractivity contribution in [3.8, 4) is 12.0 Å². The summed E-state index contributed by atoms with van der Waals surface area (Å²) in [6, 6.07) is 0.0698. The number of hydrogen-bond donors (Lipinski definition) is 1. The standard InChI is InChI=1S/C2HN4O4P/c7-11-8-1-3-2(9-11)6(4-1)5-10-11/h5H. The van der Waals surface area contributed by atoms with Crippen LogP contribution in [0, 0.1) is 0 Å². The van der Waals surface area contributed by atoms with E-state index in [1.807, 2.05) is 0 Å². The van der Waals surface area contributed by atoms with Crippen LogP contribution in [-0.2, 0) is 9.19 Å². The molecule has 1 unspecified atom stereocenters. The second-order valence-electron chi connectivity index (χ2n) is 1.90. The lowest BCUT2D eigenvalue weighted by Crippen LogP contribution is -2.24. The van der Waals surface area contributed by atoms with Gasteiger partial charge in [0.15, 0.2) is 0 Å². The molecule has 3 rings (SSSR count). The molecule has 0 fully saturated rings. The van der Waals surface area contributed by atoms with Gasteiger partial charge in [0.05, 0.1) is 0 Å². The summed E-state index contributed by atoms with van der Waals surface area (Å²) in [5.41, 5.74) is 2.21. The van der Waals surface area contributed by atoms with E-state index in [4.69, 9.17) is 0 Å². The average Bonchev–Trinajstić information content (AvgIpc) is 2.15. The highest BCUT2D eigenvalue weighted by Gasteiger charge is 2.44. The van der Waals surface area contributed by atoms with E-state index in [1.54, 1.807) is 0 Å². The van der Waals surface area contributed by atoms with Gasteiger partial charge in [-0.1, -0.05) is 9.89 Å². The molecule has 8 nitrogen and oxygen atoms in total. The topological polar surface area (TPSA) is 87.5 Å².